The highest BCUT2D eigenvalue weighted by Crippen LogP contribution is 2.42. The molecular formula is C27H32N6O4. The molecule has 3 heterocycles. The molecule has 37 heavy (non-hydrogen) atoms. The molecule has 1 amide bonds. The van der Waals surface area contributed by atoms with Gasteiger partial charge in [0, 0.05) is 32.3 Å². The lowest BCUT2D eigenvalue weighted by Crippen LogP contribution is -2.45. The van der Waals surface area contributed by atoms with Crippen LogP contribution in [0.15, 0.2) is 42.7 Å². The van der Waals surface area contributed by atoms with Crippen LogP contribution in [-0.2, 0) is 16.8 Å². The molecule has 4 aromatic rings. The smallest absolute Gasteiger partial charge is 0.256 e. The van der Waals surface area contributed by atoms with Crippen molar-refractivity contribution in [2.45, 2.75) is 38.8 Å². The summed E-state index contributed by atoms with van der Waals surface area (Å²) in [6.45, 7) is 5.78. The molecule has 194 valence electrons. The number of methoxy groups -OCH3 is 3. The molecule has 2 aromatic carbocycles. The summed E-state index contributed by atoms with van der Waals surface area (Å²) in [5.41, 5.74) is 3.25. The maximum Gasteiger partial charge on any atom is 0.256 e. The lowest BCUT2D eigenvalue weighted by atomic mass is 9.96. The van der Waals surface area contributed by atoms with E-state index in [0.29, 0.717) is 42.4 Å². The molecule has 2 aromatic heterocycles. The third-order valence-electron chi connectivity index (χ3n) is 7.16. The number of imidazole rings is 1. The number of hydrogen-bond donors (Lipinski definition) is 0. The lowest BCUT2D eigenvalue weighted by Gasteiger charge is -2.35. The van der Waals surface area contributed by atoms with Crippen molar-refractivity contribution in [3.63, 3.8) is 0 Å². The molecule has 0 spiro atoms. The lowest BCUT2D eigenvalue weighted by molar-refractivity contribution is 0.0595. The molecular weight excluding hydrogens is 472 g/mol. The van der Waals surface area contributed by atoms with Crippen LogP contribution >= 0.6 is 0 Å². The fraction of sp³-hybridized carbons (Fsp3) is 0.407. The zero-order valence-corrected chi connectivity index (χ0v) is 21.9. The van der Waals surface area contributed by atoms with Gasteiger partial charge in [-0.1, -0.05) is 11.6 Å². The largest absolute Gasteiger partial charge is 0.493 e. The summed E-state index contributed by atoms with van der Waals surface area (Å²) >= 11 is 0. The van der Waals surface area contributed by atoms with Gasteiger partial charge in [-0.15, -0.1) is 0 Å². The molecule has 1 fully saturated rings. The van der Waals surface area contributed by atoms with Gasteiger partial charge in [0.1, 0.15) is 5.82 Å². The van der Waals surface area contributed by atoms with E-state index in [-0.39, 0.29) is 5.91 Å². The van der Waals surface area contributed by atoms with E-state index in [1.807, 2.05) is 42.2 Å². The minimum atomic E-state index is -0.636. The number of ether oxygens (including phenoxy) is 3. The first-order chi connectivity index (χ1) is 17.9. The number of rotatable bonds is 8. The zero-order valence-electron chi connectivity index (χ0n) is 21.9. The van der Waals surface area contributed by atoms with Crippen LogP contribution in [0, 0.1) is 6.92 Å². The number of benzene rings is 2. The van der Waals surface area contributed by atoms with Gasteiger partial charge in [0.15, 0.2) is 11.5 Å². The van der Waals surface area contributed by atoms with E-state index >= 15 is 0 Å². The predicted octanol–water partition coefficient (Wildman–Crippen LogP) is 3.74. The summed E-state index contributed by atoms with van der Waals surface area (Å²) in [7, 11) is 4.91. The van der Waals surface area contributed by atoms with Crippen LogP contribution in [0.2, 0.25) is 0 Å². The second-order valence-corrected chi connectivity index (χ2v) is 9.45. The maximum atomic E-state index is 14.2. The van der Waals surface area contributed by atoms with Crippen molar-refractivity contribution in [3.05, 3.63) is 59.7 Å². The zero-order chi connectivity index (χ0) is 26.2. The second kappa shape index (κ2) is 9.85. The van der Waals surface area contributed by atoms with Crippen molar-refractivity contribution in [1.29, 1.82) is 0 Å². The summed E-state index contributed by atoms with van der Waals surface area (Å²) in [4.78, 5) is 22.7. The number of likely N-dealkylation sites (tertiary alicyclic amines) is 1. The van der Waals surface area contributed by atoms with Gasteiger partial charge in [0.2, 0.25) is 0 Å². The van der Waals surface area contributed by atoms with Crippen LogP contribution in [0.4, 0.5) is 0 Å². The molecule has 10 heteroatoms. The summed E-state index contributed by atoms with van der Waals surface area (Å²) < 4.78 is 18.7. The van der Waals surface area contributed by atoms with Crippen molar-refractivity contribution in [1.82, 2.24) is 29.4 Å². The van der Waals surface area contributed by atoms with E-state index in [1.54, 1.807) is 33.7 Å². The quantitative estimate of drug-likeness (QED) is 0.361. The van der Waals surface area contributed by atoms with Gasteiger partial charge in [0.25, 0.3) is 5.91 Å². The Morgan fingerprint density at radius 1 is 1.05 bits per heavy atom. The van der Waals surface area contributed by atoms with E-state index in [4.69, 9.17) is 19.2 Å². The fourth-order valence-corrected chi connectivity index (χ4v) is 5.27. The van der Waals surface area contributed by atoms with Gasteiger partial charge in [-0.05, 0) is 38.8 Å². The topological polar surface area (TPSA) is 96.5 Å². The molecule has 0 radical (unpaired) electrons. The highest BCUT2D eigenvalue weighted by Gasteiger charge is 2.45. The monoisotopic (exact) mass is 504 g/mol. The standard InChI is InChI=1S/C27H32N6O4/c1-18-7-8-21(33-28-10-11-29-33)19(15-18)25(34)32-12-6-9-27(32,2)26-30-20-16-23(36-4)24(37-5)17-22(20)31(26)13-14-35-3/h7-8,10-11,15-17H,6,9,12-14H2,1-5H3. The van der Waals surface area contributed by atoms with E-state index in [9.17, 15) is 4.79 Å². The number of hydrogen-bond acceptors (Lipinski definition) is 7. The van der Waals surface area contributed by atoms with Crippen LogP contribution in [-0.4, -0.2) is 69.8 Å². The third kappa shape index (κ3) is 4.21. The Kier molecular flexibility index (Phi) is 6.59. The molecule has 0 saturated carbocycles. The average Bonchev–Trinajstić information content (AvgIpc) is 3.65. The van der Waals surface area contributed by atoms with E-state index in [2.05, 4.69) is 21.7 Å². The highest BCUT2D eigenvalue weighted by molar-refractivity contribution is 5.98. The number of fused-ring (bicyclic) bond motifs is 1. The van der Waals surface area contributed by atoms with Crippen LogP contribution in [0.5, 0.6) is 11.5 Å². The summed E-state index contributed by atoms with van der Waals surface area (Å²) in [5.74, 6) is 1.97. The van der Waals surface area contributed by atoms with Crippen LogP contribution < -0.4 is 9.47 Å². The van der Waals surface area contributed by atoms with E-state index in [0.717, 1.165) is 35.3 Å². The molecule has 0 bridgehead atoms. The van der Waals surface area contributed by atoms with Gasteiger partial charge >= 0.3 is 0 Å². The molecule has 0 aliphatic carbocycles. The van der Waals surface area contributed by atoms with Crippen molar-refractivity contribution < 1.29 is 19.0 Å². The number of carbonyl (C=O) groups is 1. The minimum Gasteiger partial charge on any atom is -0.493 e. The predicted molar refractivity (Wildman–Crippen MR) is 138 cm³/mol. The van der Waals surface area contributed by atoms with Gasteiger partial charge in [-0.25, -0.2) is 4.98 Å². The first kappa shape index (κ1) is 24.8. The van der Waals surface area contributed by atoms with Crippen LogP contribution in [0.1, 0.15) is 41.5 Å². The second-order valence-electron chi connectivity index (χ2n) is 9.45. The SMILES string of the molecule is COCCn1c(C2(C)CCCN2C(=O)c2cc(C)ccc2-n2nccn2)nc2cc(OC)c(OC)cc21. The fourth-order valence-electron chi connectivity index (χ4n) is 5.27. The molecule has 10 nitrogen and oxygen atoms in total. The third-order valence-corrected chi connectivity index (χ3v) is 7.16. The first-order valence-electron chi connectivity index (χ1n) is 12.3. The van der Waals surface area contributed by atoms with Gasteiger partial charge in [-0.3, -0.25) is 4.79 Å². The summed E-state index contributed by atoms with van der Waals surface area (Å²) in [6.07, 6.45) is 4.86. The summed E-state index contributed by atoms with van der Waals surface area (Å²) in [5, 5.41) is 8.54. The number of amides is 1. The first-order valence-corrected chi connectivity index (χ1v) is 12.3. The molecule has 1 saturated heterocycles. The average molecular weight is 505 g/mol. The van der Waals surface area contributed by atoms with Gasteiger partial charge in [-0.2, -0.15) is 15.0 Å². The Bertz CT molecular complexity index is 1430. The minimum absolute atomic E-state index is 0.0727. The molecule has 1 aliphatic heterocycles. The molecule has 0 N–H and O–H groups in total. The molecule has 1 atom stereocenters. The Morgan fingerprint density at radius 2 is 1.78 bits per heavy atom. The maximum absolute atomic E-state index is 14.2. The Labute approximate surface area is 215 Å². The van der Waals surface area contributed by atoms with Gasteiger partial charge < -0.3 is 23.7 Å². The molecule has 1 unspecified atom stereocenters. The highest BCUT2D eigenvalue weighted by atomic mass is 16.5. The molecule has 5 rings (SSSR count). The number of aryl methyl sites for hydroxylation is 1. The molecule has 1 aliphatic rings. The Hall–Kier alpha value is -3.92. The Morgan fingerprint density at radius 3 is 2.49 bits per heavy atom. The van der Waals surface area contributed by atoms with Crippen molar-refractivity contribution in [2.24, 2.45) is 0 Å². The Balaban J connectivity index is 1.64. The van der Waals surface area contributed by atoms with Crippen molar-refractivity contribution in [3.8, 4) is 17.2 Å². The van der Waals surface area contributed by atoms with Gasteiger partial charge in [0.05, 0.1) is 61.0 Å². The number of aromatic nitrogens is 5. The van der Waals surface area contributed by atoms with Crippen molar-refractivity contribution in [2.75, 3.05) is 34.5 Å². The van der Waals surface area contributed by atoms with E-state index < -0.39 is 5.54 Å². The van der Waals surface area contributed by atoms with Crippen LogP contribution in [0.25, 0.3) is 16.7 Å². The van der Waals surface area contributed by atoms with Crippen molar-refractivity contribution >= 4 is 16.9 Å². The number of carbonyl (C=O) groups excluding carboxylic acids is 1. The number of nitrogens with zero attached hydrogens (tertiary/aromatic N) is 6. The van der Waals surface area contributed by atoms with E-state index in [1.165, 1.54) is 4.80 Å². The summed E-state index contributed by atoms with van der Waals surface area (Å²) in [6, 6.07) is 9.58. The normalized spacial score (nSPS) is 17.5. The van der Waals surface area contributed by atoms with Crippen LogP contribution in [0.3, 0.4) is 0 Å².